The maximum Gasteiger partial charge on any atom is 0.192 e. The second kappa shape index (κ2) is 4.43. The van der Waals surface area contributed by atoms with Crippen molar-refractivity contribution in [2.75, 3.05) is 6.61 Å². The van der Waals surface area contributed by atoms with Crippen LogP contribution in [0.5, 0.6) is 0 Å². The first-order valence-electron chi connectivity index (χ1n) is 3.67. The average molecular weight is 201 g/mol. The van der Waals surface area contributed by atoms with Crippen LogP contribution in [0.4, 0.5) is 0 Å². The smallest absolute Gasteiger partial charge is 0.192 e. The van der Waals surface area contributed by atoms with E-state index in [-0.39, 0.29) is 0 Å². The number of benzene rings is 1. The number of halogens is 1. The van der Waals surface area contributed by atoms with E-state index in [2.05, 4.69) is 0 Å². The van der Waals surface area contributed by atoms with Gasteiger partial charge in [-0.15, -0.1) is 0 Å². The molecule has 0 N–H and O–H groups in total. The highest BCUT2D eigenvalue weighted by Gasteiger charge is 2.04. The monoisotopic (exact) mass is 200 g/mol. The van der Waals surface area contributed by atoms with Gasteiger partial charge in [0.2, 0.25) is 0 Å². The number of ether oxygens (including phenoxy) is 1. The topological polar surface area (TPSA) is 9.23 Å². The van der Waals surface area contributed by atoms with E-state index in [1.54, 1.807) is 6.07 Å². The molecule has 0 aliphatic heterocycles. The van der Waals surface area contributed by atoms with Gasteiger partial charge in [0.1, 0.15) is 0 Å². The van der Waals surface area contributed by atoms with Crippen molar-refractivity contribution in [3.63, 3.8) is 0 Å². The normalized spacial score (nSPS) is 9.50. The van der Waals surface area contributed by atoms with Crippen molar-refractivity contribution in [3.8, 4) is 0 Å². The summed E-state index contributed by atoms with van der Waals surface area (Å²) in [5, 5.41) is 1.10. The fraction of sp³-hybridized carbons (Fsp3) is 0.222. The van der Waals surface area contributed by atoms with E-state index in [1.807, 2.05) is 25.1 Å². The summed E-state index contributed by atoms with van der Waals surface area (Å²) in [5.74, 6) is 0. The van der Waals surface area contributed by atoms with Crippen LogP contribution in [0.2, 0.25) is 5.02 Å². The third-order valence-corrected chi connectivity index (χ3v) is 2.04. The van der Waals surface area contributed by atoms with Crippen LogP contribution in [-0.2, 0) is 4.74 Å². The highest BCUT2D eigenvalue weighted by molar-refractivity contribution is 7.80. The first-order valence-corrected chi connectivity index (χ1v) is 4.46. The molecule has 3 heteroatoms. The number of hydrogen-bond donors (Lipinski definition) is 0. The second-order valence-corrected chi connectivity index (χ2v) is 2.98. The van der Waals surface area contributed by atoms with Crippen LogP contribution in [0.25, 0.3) is 0 Å². The summed E-state index contributed by atoms with van der Waals surface area (Å²) in [4.78, 5) is 0. The van der Waals surface area contributed by atoms with E-state index in [1.165, 1.54) is 0 Å². The van der Waals surface area contributed by atoms with Gasteiger partial charge in [0.25, 0.3) is 0 Å². The largest absolute Gasteiger partial charge is 0.483 e. The molecular formula is C9H9ClOS. The standard InChI is InChI=1S/C9H9ClOS/c1-2-11-9(12)7-5-3-4-6-8(7)10/h3-6H,2H2,1H3. The van der Waals surface area contributed by atoms with Crippen molar-refractivity contribution in [1.82, 2.24) is 0 Å². The Hall–Kier alpha value is -0.600. The molecule has 1 nitrogen and oxygen atoms in total. The van der Waals surface area contributed by atoms with E-state index in [0.717, 1.165) is 5.56 Å². The van der Waals surface area contributed by atoms with Crippen LogP contribution in [0, 0.1) is 0 Å². The molecule has 0 saturated carbocycles. The summed E-state index contributed by atoms with van der Waals surface area (Å²) in [7, 11) is 0. The molecule has 0 fully saturated rings. The molecule has 1 aromatic rings. The first-order chi connectivity index (χ1) is 5.75. The SMILES string of the molecule is CCOC(=S)c1ccccc1Cl. The molecule has 0 aliphatic rings. The van der Waals surface area contributed by atoms with Crippen LogP contribution in [-0.4, -0.2) is 11.7 Å². The van der Waals surface area contributed by atoms with Crippen molar-refractivity contribution < 1.29 is 4.74 Å². The summed E-state index contributed by atoms with van der Waals surface area (Å²) in [5.41, 5.74) is 0.788. The Kier molecular flexibility index (Phi) is 3.50. The number of hydrogen-bond acceptors (Lipinski definition) is 2. The van der Waals surface area contributed by atoms with Gasteiger partial charge in [-0.05, 0) is 31.3 Å². The van der Waals surface area contributed by atoms with Crippen LogP contribution in [0.3, 0.4) is 0 Å². The Balaban J connectivity index is 2.87. The molecule has 0 bridgehead atoms. The average Bonchev–Trinajstić information content (AvgIpc) is 2.05. The Morgan fingerprint density at radius 3 is 2.75 bits per heavy atom. The summed E-state index contributed by atoms with van der Waals surface area (Å²) >= 11 is 10.9. The molecule has 0 amide bonds. The molecule has 0 heterocycles. The highest BCUT2D eigenvalue weighted by atomic mass is 35.5. The van der Waals surface area contributed by atoms with E-state index in [0.29, 0.717) is 16.7 Å². The van der Waals surface area contributed by atoms with Crippen molar-refractivity contribution in [2.24, 2.45) is 0 Å². The molecule has 0 unspecified atom stereocenters. The van der Waals surface area contributed by atoms with E-state index >= 15 is 0 Å². The van der Waals surface area contributed by atoms with Gasteiger partial charge in [0.15, 0.2) is 5.05 Å². The highest BCUT2D eigenvalue weighted by Crippen LogP contribution is 2.16. The van der Waals surface area contributed by atoms with Gasteiger partial charge in [-0.25, -0.2) is 0 Å². The predicted molar refractivity (Wildman–Crippen MR) is 54.8 cm³/mol. The lowest BCUT2D eigenvalue weighted by molar-refractivity contribution is 0.337. The maximum atomic E-state index is 5.89. The van der Waals surface area contributed by atoms with Crippen LogP contribution in [0.15, 0.2) is 24.3 Å². The summed E-state index contributed by atoms with van der Waals surface area (Å²) in [6, 6.07) is 7.38. The van der Waals surface area contributed by atoms with Gasteiger partial charge in [-0.3, -0.25) is 0 Å². The minimum Gasteiger partial charge on any atom is -0.483 e. The lowest BCUT2D eigenvalue weighted by Gasteiger charge is -2.05. The lowest BCUT2D eigenvalue weighted by atomic mass is 10.2. The van der Waals surface area contributed by atoms with Crippen molar-refractivity contribution in [2.45, 2.75) is 6.92 Å². The van der Waals surface area contributed by atoms with Crippen molar-refractivity contribution in [1.29, 1.82) is 0 Å². The Morgan fingerprint density at radius 2 is 2.17 bits per heavy atom. The predicted octanol–water partition coefficient (Wildman–Crippen LogP) is 3.05. The molecule has 64 valence electrons. The van der Waals surface area contributed by atoms with Gasteiger partial charge in [0, 0.05) is 5.56 Å². The van der Waals surface area contributed by atoms with E-state index < -0.39 is 0 Å². The molecule has 12 heavy (non-hydrogen) atoms. The molecule has 0 spiro atoms. The fourth-order valence-corrected chi connectivity index (χ4v) is 1.41. The van der Waals surface area contributed by atoms with Gasteiger partial charge in [-0.2, -0.15) is 0 Å². The second-order valence-electron chi connectivity index (χ2n) is 2.20. The molecule has 0 radical (unpaired) electrons. The first kappa shape index (κ1) is 9.49. The summed E-state index contributed by atoms with van der Waals surface area (Å²) in [6.45, 7) is 2.47. The zero-order valence-corrected chi connectivity index (χ0v) is 8.28. The van der Waals surface area contributed by atoms with E-state index in [4.69, 9.17) is 28.6 Å². The van der Waals surface area contributed by atoms with Crippen molar-refractivity contribution >= 4 is 28.9 Å². The maximum absolute atomic E-state index is 5.89. The third-order valence-electron chi connectivity index (χ3n) is 1.37. The van der Waals surface area contributed by atoms with Crippen LogP contribution in [0.1, 0.15) is 12.5 Å². The molecule has 0 saturated heterocycles. The molecule has 1 aromatic carbocycles. The van der Waals surface area contributed by atoms with Gasteiger partial charge in [0.05, 0.1) is 11.6 Å². The summed E-state index contributed by atoms with van der Waals surface area (Å²) < 4.78 is 5.16. The number of thiocarbonyl (C=S) groups is 1. The van der Waals surface area contributed by atoms with Gasteiger partial charge < -0.3 is 4.74 Å². The molecule has 0 aromatic heterocycles. The van der Waals surface area contributed by atoms with E-state index in [9.17, 15) is 0 Å². The minimum atomic E-state index is 0.461. The van der Waals surface area contributed by atoms with Crippen LogP contribution >= 0.6 is 23.8 Å². The Bertz CT molecular complexity index is 286. The number of rotatable bonds is 2. The lowest BCUT2D eigenvalue weighted by Crippen LogP contribution is -2.03. The van der Waals surface area contributed by atoms with Crippen molar-refractivity contribution in [3.05, 3.63) is 34.9 Å². The molecule has 1 rings (SSSR count). The zero-order chi connectivity index (χ0) is 8.97. The molecule has 0 atom stereocenters. The summed E-state index contributed by atoms with van der Waals surface area (Å²) in [6.07, 6.45) is 0. The Morgan fingerprint density at radius 1 is 1.50 bits per heavy atom. The van der Waals surface area contributed by atoms with Gasteiger partial charge >= 0.3 is 0 Å². The molecular weight excluding hydrogens is 192 g/mol. The zero-order valence-electron chi connectivity index (χ0n) is 6.71. The minimum absolute atomic E-state index is 0.461. The fourth-order valence-electron chi connectivity index (χ4n) is 0.836. The quantitative estimate of drug-likeness (QED) is 0.679. The van der Waals surface area contributed by atoms with Gasteiger partial charge in [-0.1, -0.05) is 23.7 Å². The Labute approximate surface area is 82.3 Å². The van der Waals surface area contributed by atoms with Crippen LogP contribution < -0.4 is 0 Å². The third kappa shape index (κ3) is 2.19. The molecule has 0 aliphatic carbocycles.